The van der Waals surface area contributed by atoms with Crippen LogP contribution in [0.25, 0.3) is 23.0 Å². The lowest BCUT2D eigenvalue weighted by Gasteiger charge is -2.06. The smallest absolute Gasteiger partial charge is 0.355 e. The summed E-state index contributed by atoms with van der Waals surface area (Å²) in [5, 5.41) is 8.99. The fraction of sp³-hybridized carbons (Fsp3) is 0.150. The molecule has 0 aliphatic carbocycles. The molecule has 0 aliphatic heterocycles. The number of hydrogen-bond acceptors (Lipinski definition) is 5. The Balaban J connectivity index is 2.26. The van der Waals surface area contributed by atoms with Crippen LogP contribution in [0.1, 0.15) is 28.7 Å². The Morgan fingerprint density at radius 3 is 2.69 bits per heavy atom. The highest BCUT2D eigenvalue weighted by molar-refractivity contribution is 5.90. The van der Waals surface area contributed by atoms with Gasteiger partial charge in [-0.15, -0.1) is 0 Å². The number of imidazole rings is 1. The Hall–Kier alpha value is -3.59. The summed E-state index contributed by atoms with van der Waals surface area (Å²) in [6.07, 6.45) is 3.34. The highest BCUT2D eigenvalue weighted by Gasteiger charge is 2.18. The number of ether oxygens (including phenoxy) is 2. The number of carbonyl (C=O) groups is 1. The fourth-order valence-electron chi connectivity index (χ4n) is 2.66. The minimum Gasteiger partial charge on any atom is -0.501 e. The summed E-state index contributed by atoms with van der Waals surface area (Å²) in [7, 11) is 1.34. The number of aromatic nitrogens is 2. The van der Waals surface area contributed by atoms with E-state index in [0.717, 1.165) is 5.56 Å². The zero-order valence-corrected chi connectivity index (χ0v) is 14.5. The molecule has 0 unspecified atom stereocenters. The maximum Gasteiger partial charge on any atom is 0.355 e. The molecule has 6 heteroatoms. The number of carbonyl (C=O) groups excluding carboxylic acids is 1. The van der Waals surface area contributed by atoms with Crippen LogP contribution in [0, 0.1) is 11.3 Å². The average molecular weight is 347 g/mol. The molecular formula is C20H17N3O3. The lowest BCUT2D eigenvalue weighted by Crippen LogP contribution is -2.08. The van der Waals surface area contributed by atoms with E-state index in [1.54, 1.807) is 41.0 Å². The van der Waals surface area contributed by atoms with Crippen molar-refractivity contribution in [2.75, 3.05) is 13.7 Å². The molecule has 0 N–H and O–H groups in total. The van der Waals surface area contributed by atoms with E-state index in [9.17, 15) is 4.79 Å². The van der Waals surface area contributed by atoms with Gasteiger partial charge in [-0.25, -0.2) is 9.78 Å². The summed E-state index contributed by atoms with van der Waals surface area (Å²) in [5.74, 6) is -0.453. The minimum atomic E-state index is -0.453. The van der Waals surface area contributed by atoms with Crippen LogP contribution in [-0.2, 0) is 9.47 Å². The van der Waals surface area contributed by atoms with E-state index in [-0.39, 0.29) is 0 Å². The zero-order chi connectivity index (χ0) is 18.5. The van der Waals surface area contributed by atoms with Gasteiger partial charge in [-0.05, 0) is 37.3 Å². The predicted octanol–water partition coefficient (Wildman–Crippen LogP) is 3.67. The summed E-state index contributed by atoms with van der Waals surface area (Å²) in [4.78, 5) is 16.8. The summed E-state index contributed by atoms with van der Waals surface area (Å²) < 4.78 is 12.0. The standard InChI is InChI=1S/C20H17N3O3/c1-3-26-12-11-16-19(15-9-7-14(13-21)8-10-15)22-18-6-4-5-17(23(16)18)20(24)25-2/h4-12H,3H2,1-2H3/b12-11+. The first kappa shape index (κ1) is 17.2. The van der Waals surface area contributed by atoms with Crippen LogP contribution in [0.2, 0.25) is 0 Å². The molecule has 3 rings (SSSR count). The van der Waals surface area contributed by atoms with Crippen molar-refractivity contribution in [3.63, 3.8) is 0 Å². The lowest BCUT2D eigenvalue weighted by atomic mass is 10.1. The van der Waals surface area contributed by atoms with Crippen molar-refractivity contribution in [2.45, 2.75) is 6.92 Å². The van der Waals surface area contributed by atoms with Crippen molar-refractivity contribution in [1.82, 2.24) is 9.38 Å². The molecule has 6 nitrogen and oxygen atoms in total. The Labute approximate surface area is 150 Å². The SMILES string of the molecule is CCO/C=C/c1c(-c2ccc(C#N)cc2)nc2cccc(C(=O)OC)n12. The molecule has 0 bridgehead atoms. The average Bonchev–Trinajstić information content (AvgIpc) is 3.06. The monoisotopic (exact) mass is 347 g/mol. The molecule has 0 aliphatic rings. The molecule has 130 valence electrons. The van der Waals surface area contributed by atoms with Crippen molar-refractivity contribution in [3.05, 3.63) is 65.7 Å². The van der Waals surface area contributed by atoms with Crippen LogP contribution in [0.4, 0.5) is 0 Å². The van der Waals surface area contributed by atoms with Crippen molar-refractivity contribution >= 4 is 17.7 Å². The van der Waals surface area contributed by atoms with E-state index in [1.807, 2.05) is 25.1 Å². The maximum absolute atomic E-state index is 12.2. The third-order valence-electron chi connectivity index (χ3n) is 3.85. The van der Waals surface area contributed by atoms with Crippen molar-refractivity contribution in [1.29, 1.82) is 5.26 Å². The third kappa shape index (κ3) is 3.15. The van der Waals surface area contributed by atoms with Crippen LogP contribution in [0.15, 0.2) is 48.7 Å². The second kappa shape index (κ2) is 7.53. The van der Waals surface area contributed by atoms with Crippen molar-refractivity contribution < 1.29 is 14.3 Å². The number of hydrogen-bond donors (Lipinski definition) is 0. The predicted molar refractivity (Wildman–Crippen MR) is 97.3 cm³/mol. The number of benzene rings is 1. The van der Waals surface area contributed by atoms with E-state index < -0.39 is 5.97 Å². The van der Waals surface area contributed by atoms with Gasteiger partial charge in [0.2, 0.25) is 0 Å². The maximum atomic E-state index is 12.2. The first-order valence-corrected chi connectivity index (χ1v) is 8.08. The Morgan fingerprint density at radius 2 is 2.04 bits per heavy atom. The number of pyridine rings is 1. The molecule has 26 heavy (non-hydrogen) atoms. The van der Waals surface area contributed by atoms with E-state index in [0.29, 0.717) is 34.9 Å². The molecule has 0 saturated carbocycles. The third-order valence-corrected chi connectivity index (χ3v) is 3.85. The summed E-state index contributed by atoms with van der Waals surface area (Å²) in [5.41, 5.74) is 3.76. The molecule has 0 saturated heterocycles. The molecule has 2 heterocycles. The van der Waals surface area contributed by atoms with Gasteiger partial charge in [-0.2, -0.15) is 5.26 Å². The van der Waals surface area contributed by atoms with Gasteiger partial charge < -0.3 is 9.47 Å². The fourth-order valence-corrected chi connectivity index (χ4v) is 2.66. The Morgan fingerprint density at radius 1 is 1.27 bits per heavy atom. The van der Waals surface area contributed by atoms with Gasteiger partial charge in [0.1, 0.15) is 11.3 Å². The van der Waals surface area contributed by atoms with Crippen LogP contribution >= 0.6 is 0 Å². The van der Waals surface area contributed by atoms with Gasteiger partial charge in [0, 0.05) is 5.56 Å². The van der Waals surface area contributed by atoms with E-state index in [1.165, 1.54) is 7.11 Å². The normalized spacial score (nSPS) is 10.8. The minimum absolute atomic E-state index is 0.369. The molecule has 0 fully saturated rings. The quantitative estimate of drug-likeness (QED) is 0.520. The van der Waals surface area contributed by atoms with Crippen molar-refractivity contribution in [3.8, 4) is 17.3 Å². The number of nitrogens with zero attached hydrogens (tertiary/aromatic N) is 3. The highest BCUT2D eigenvalue weighted by Crippen LogP contribution is 2.27. The van der Waals surface area contributed by atoms with E-state index >= 15 is 0 Å². The first-order chi connectivity index (χ1) is 12.7. The highest BCUT2D eigenvalue weighted by atomic mass is 16.5. The van der Waals surface area contributed by atoms with Gasteiger partial charge in [0.15, 0.2) is 0 Å². The van der Waals surface area contributed by atoms with Gasteiger partial charge in [0.25, 0.3) is 0 Å². The first-order valence-electron chi connectivity index (χ1n) is 8.08. The molecular weight excluding hydrogens is 330 g/mol. The van der Waals surface area contributed by atoms with Crippen LogP contribution in [0.3, 0.4) is 0 Å². The van der Waals surface area contributed by atoms with Gasteiger partial charge in [-0.3, -0.25) is 4.40 Å². The number of esters is 1. The van der Waals surface area contributed by atoms with E-state index in [2.05, 4.69) is 11.1 Å². The lowest BCUT2D eigenvalue weighted by molar-refractivity contribution is 0.0592. The molecule has 0 radical (unpaired) electrons. The van der Waals surface area contributed by atoms with Gasteiger partial charge >= 0.3 is 5.97 Å². The summed E-state index contributed by atoms with van der Waals surface area (Å²) in [6.45, 7) is 2.42. The molecule has 3 aromatic rings. The van der Waals surface area contributed by atoms with Crippen molar-refractivity contribution in [2.24, 2.45) is 0 Å². The number of fused-ring (bicyclic) bond motifs is 1. The number of nitriles is 1. The molecule has 0 amide bonds. The number of methoxy groups -OCH3 is 1. The second-order valence-electron chi connectivity index (χ2n) is 5.39. The van der Waals surface area contributed by atoms with Crippen LogP contribution < -0.4 is 0 Å². The summed E-state index contributed by atoms with van der Waals surface area (Å²) in [6, 6.07) is 14.5. The zero-order valence-electron chi connectivity index (χ0n) is 14.5. The second-order valence-corrected chi connectivity index (χ2v) is 5.39. The van der Waals surface area contributed by atoms with Crippen LogP contribution in [-0.4, -0.2) is 29.1 Å². The molecule has 1 aromatic carbocycles. The number of rotatable bonds is 5. The Kier molecular flexibility index (Phi) is 4.99. The largest absolute Gasteiger partial charge is 0.501 e. The van der Waals surface area contributed by atoms with E-state index in [4.69, 9.17) is 14.7 Å². The topological polar surface area (TPSA) is 76.6 Å². The van der Waals surface area contributed by atoms with Gasteiger partial charge in [0.05, 0.1) is 43.0 Å². The molecule has 0 atom stereocenters. The molecule has 2 aromatic heterocycles. The summed E-state index contributed by atoms with van der Waals surface area (Å²) >= 11 is 0. The Bertz CT molecular complexity index is 1010. The van der Waals surface area contributed by atoms with Gasteiger partial charge in [-0.1, -0.05) is 18.2 Å². The van der Waals surface area contributed by atoms with Crippen LogP contribution in [0.5, 0.6) is 0 Å². The molecule has 0 spiro atoms.